The fraction of sp³-hybridized carbons (Fsp3) is 0.828. The molecule has 1 aliphatic heterocycles. The van der Waals surface area contributed by atoms with Gasteiger partial charge in [0.1, 0.15) is 24.4 Å². The van der Waals surface area contributed by atoms with Gasteiger partial charge in [-0.2, -0.15) is 0 Å². The molecule has 0 bridgehead atoms. The van der Waals surface area contributed by atoms with E-state index in [0.29, 0.717) is 12.8 Å². The van der Waals surface area contributed by atoms with Crippen LogP contribution in [-0.2, 0) is 14.3 Å². The first-order valence-electron chi connectivity index (χ1n) is 31.0. The fourth-order valence-electron chi connectivity index (χ4n) is 9.78. The van der Waals surface area contributed by atoms with Crippen LogP contribution >= 0.6 is 0 Å². The molecule has 0 saturated carbocycles. The minimum atomic E-state index is -1.55. The molecule has 1 aliphatic rings. The Bertz CT molecular complexity index is 1330. The molecule has 7 atom stereocenters. The first-order chi connectivity index (χ1) is 35.8. The van der Waals surface area contributed by atoms with Gasteiger partial charge in [0.05, 0.1) is 25.4 Å². The highest BCUT2D eigenvalue weighted by molar-refractivity contribution is 5.76. The summed E-state index contributed by atoms with van der Waals surface area (Å²) in [7, 11) is 0. The first kappa shape index (κ1) is 68.9. The highest BCUT2D eigenvalue weighted by atomic mass is 16.7. The van der Waals surface area contributed by atoms with Crippen molar-refractivity contribution in [3.8, 4) is 0 Å². The lowest BCUT2D eigenvalue weighted by Gasteiger charge is -2.40. The van der Waals surface area contributed by atoms with Crippen LogP contribution in [0.25, 0.3) is 0 Å². The lowest BCUT2D eigenvalue weighted by atomic mass is 9.99. The Balaban J connectivity index is 2.12. The van der Waals surface area contributed by atoms with E-state index in [1.54, 1.807) is 0 Å². The lowest BCUT2D eigenvalue weighted by molar-refractivity contribution is -0.302. The molecule has 0 aromatic heterocycles. The van der Waals surface area contributed by atoms with Crippen molar-refractivity contribution in [2.24, 2.45) is 0 Å². The summed E-state index contributed by atoms with van der Waals surface area (Å²) in [4.78, 5) is 13.1. The van der Waals surface area contributed by atoms with Gasteiger partial charge in [-0.05, 0) is 57.8 Å². The number of nitrogens with one attached hydrogen (secondary N) is 1. The summed E-state index contributed by atoms with van der Waals surface area (Å²) in [6.45, 7) is 3.75. The third kappa shape index (κ3) is 42.7. The molecular weight excluding hydrogens is 911 g/mol. The Kier molecular flexibility index (Phi) is 50.3. The van der Waals surface area contributed by atoms with Crippen LogP contribution in [0.15, 0.2) is 60.8 Å². The van der Waals surface area contributed by atoms with Gasteiger partial charge < -0.3 is 40.3 Å². The number of amides is 1. The Labute approximate surface area is 449 Å². The Morgan fingerprint density at radius 1 is 0.479 bits per heavy atom. The molecule has 1 heterocycles. The molecule has 73 heavy (non-hydrogen) atoms. The average molecular weight is 1030 g/mol. The standard InChI is InChI=1S/C64H117NO8/c1-3-5-7-9-11-13-15-17-19-21-22-23-24-25-26-27-28-29-30-31-32-33-34-35-36-38-40-42-44-46-48-50-52-54-60(68)65-57(56-72-64-63(71)62(70)61(69)59(55-66)73-64)58(67)53-51-49-47-45-43-41-39-37-20-18-16-14-12-10-8-6-4-2/h5,7,11,13,17,19,22-23,25-26,57-59,61-64,66-67,69-71H,3-4,6,8-10,12,14-16,18,20-21,24,27-56H2,1-2H3,(H,65,68)/b7-5-,13-11-,19-17-,23-22-,26-25-. The van der Waals surface area contributed by atoms with Crippen molar-refractivity contribution < 1.29 is 39.8 Å². The van der Waals surface area contributed by atoms with Crippen LogP contribution < -0.4 is 5.32 Å². The lowest BCUT2D eigenvalue weighted by Crippen LogP contribution is -2.60. The second-order valence-electron chi connectivity index (χ2n) is 21.5. The average Bonchev–Trinajstić information content (AvgIpc) is 3.39. The van der Waals surface area contributed by atoms with E-state index >= 15 is 0 Å². The van der Waals surface area contributed by atoms with E-state index in [0.717, 1.165) is 70.6 Å². The van der Waals surface area contributed by atoms with Crippen LogP contribution in [0.2, 0.25) is 0 Å². The van der Waals surface area contributed by atoms with Crippen LogP contribution in [0.1, 0.15) is 284 Å². The third-order valence-corrected chi connectivity index (χ3v) is 14.6. The van der Waals surface area contributed by atoms with Gasteiger partial charge in [-0.15, -0.1) is 0 Å². The number of unbranched alkanes of at least 4 members (excludes halogenated alkanes) is 33. The van der Waals surface area contributed by atoms with Crippen LogP contribution in [0.3, 0.4) is 0 Å². The van der Waals surface area contributed by atoms with Crippen molar-refractivity contribution in [2.45, 2.75) is 326 Å². The molecule has 0 spiro atoms. The van der Waals surface area contributed by atoms with Gasteiger partial charge in [-0.3, -0.25) is 4.79 Å². The van der Waals surface area contributed by atoms with Gasteiger partial charge in [0.15, 0.2) is 6.29 Å². The topological polar surface area (TPSA) is 149 Å². The predicted molar refractivity (Wildman–Crippen MR) is 309 cm³/mol. The van der Waals surface area contributed by atoms with Crippen LogP contribution in [0.4, 0.5) is 0 Å². The molecule has 1 saturated heterocycles. The maximum Gasteiger partial charge on any atom is 0.220 e. The predicted octanol–water partition coefficient (Wildman–Crippen LogP) is 15.9. The molecule has 0 aromatic carbocycles. The second-order valence-corrected chi connectivity index (χ2v) is 21.5. The van der Waals surface area contributed by atoms with Gasteiger partial charge in [0.2, 0.25) is 5.91 Å². The van der Waals surface area contributed by atoms with E-state index < -0.39 is 49.5 Å². The molecule has 0 aliphatic carbocycles. The summed E-state index contributed by atoms with van der Waals surface area (Å²) >= 11 is 0. The first-order valence-corrected chi connectivity index (χ1v) is 31.0. The van der Waals surface area contributed by atoms with E-state index in [9.17, 15) is 30.3 Å². The van der Waals surface area contributed by atoms with Crippen LogP contribution in [0.5, 0.6) is 0 Å². The monoisotopic (exact) mass is 1030 g/mol. The second kappa shape index (κ2) is 53.3. The molecular formula is C64H117NO8. The van der Waals surface area contributed by atoms with E-state index in [2.05, 4.69) is 79.9 Å². The molecule has 426 valence electrons. The molecule has 1 rings (SSSR count). The molecule has 9 nitrogen and oxygen atoms in total. The number of carbonyl (C=O) groups is 1. The zero-order chi connectivity index (χ0) is 52.9. The highest BCUT2D eigenvalue weighted by Gasteiger charge is 2.44. The van der Waals surface area contributed by atoms with Crippen molar-refractivity contribution in [2.75, 3.05) is 13.2 Å². The normalized spacial score (nSPS) is 19.5. The van der Waals surface area contributed by atoms with Gasteiger partial charge >= 0.3 is 0 Å². The van der Waals surface area contributed by atoms with Crippen molar-refractivity contribution in [1.82, 2.24) is 5.32 Å². The summed E-state index contributed by atoms with van der Waals surface area (Å²) in [6.07, 6.45) is 65.4. The van der Waals surface area contributed by atoms with Gasteiger partial charge in [-0.1, -0.05) is 280 Å². The van der Waals surface area contributed by atoms with Crippen molar-refractivity contribution in [3.05, 3.63) is 60.8 Å². The smallest absolute Gasteiger partial charge is 0.220 e. The van der Waals surface area contributed by atoms with Crippen LogP contribution in [0, 0.1) is 0 Å². The summed E-state index contributed by atoms with van der Waals surface area (Å²) in [5.74, 6) is -0.142. The van der Waals surface area contributed by atoms with Gasteiger partial charge in [0, 0.05) is 6.42 Å². The zero-order valence-corrected chi connectivity index (χ0v) is 47.4. The third-order valence-electron chi connectivity index (χ3n) is 14.6. The molecule has 1 amide bonds. The Hall–Kier alpha value is -2.11. The summed E-state index contributed by atoms with van der Waals surface area (Å²) < 4.78 is 11.3. The molecule has 0 aromatic rings. The Morgan fingerprint density at radius 2 is 0.849 bits per heavy atom. The van der Waals surface area contributed by atoms with Crippen molar-refractivity contribution in [1.29, 1.82) is 0 Å². The molecule has 6 N–H and O–H groups in total. The number of carbonyl (C=O) groups excluding carboxylic acids is 1. The zero-order valence-electron chi connectivity index (χ0n) is 47.4. The molecule has 9 heteroatoms. The number of rotatable bonds is 53. The number of aliphatic hydroxyl groups is 5. The minimum Gasteiger partial charge on any atom is -0.394 e. The van der Waals surface area contributed by atoms with Gasteiger partial charge in [-0.25, -0.2) is 0 Å². The van der Waals surface area contributed by atoms with Gasteiger partial charge in [0.25, 0.3) is 0 Å². The van der Waals surface area contributed by atoms with Crippen molar-refractivity contribution >= 4 is 5.91 Å². The quantitative estimate of drug-likeness (QED) is 0.0261. The van der Waals surface area contributed by atoms with E-state index in [1.165, 1.54) is 186 Å². The number of hydrogen-bond acceptors (Lipinski definition) is 8. The molecule has 1 fully saturated rings. The molecule has 0 radical (unpaired) electrons. The number of ether oxygens (including phenoxy) is 2. The summed E-state index contributed by atoms with van der Waals surface area (Å²) in [5, 5.41) is 54.7. The van der Waals surface area contributed by atoms with Crippen LogP contribution in [-0.4, -0.2) is 87.5 Å². The largest absolute Gasteiger partial charge is 0.394 e. The SMILES string of the molecule is CC/C=C\C/C=C\C/C=C\C/C=C\C/C=C\CCCCCCCCCCCCCCCCCCCC(=O)NC(COC1OC(CO)C(O)C(O)C1O)C(O)CCCCCCCCCCCCCCCCCCC. The maximum atomic E-state index is 13.1. The molecule has 7 unspecified atom stereocenters. The number of aliphatic hydroxyl groups excluding tert-OH is 5. The minimum absolute atomic E-state index is 0.136. The van der Waals surface area contributed by atoms with E-state index in [4.69, 9.17) is 9.47 Å². The fourth-order valence-corrected chi connectivity index (χ4v) is 9.78. The highest BCUT2D eigenvalue weighted by Crippen LogP contribution is 2.23. The van der Waals surface area contributed by atoms with Crippen molar-refractivity contribution in [3.63, 3.8) is 0 Å². The number of hydrogen-bond donors (Lipinski definition) is 6. The summed E-state index contributed by atoms with van der Waals surface area (Å²) in [6, 6.07) is -0.720. The maximum absolute atomic E-state index is 13.1. The van der Waals surface area contributed by atoms with E-state index in [1.807, 2.05) is 0 Å². The summed E-state index contributed by atoms with van der Waals surface area (Å²) in [5.41, 5.74) is 0. The van der Waals surface area contributed by atoms with E-state index in [-0.39, 0.29) is 12.5 Å². The number of allylic oxidation sites excluding steroid dienone is 10. The Morgan fingerprint density at radius 3 is 1.26 bits per heavy atom.